The zero-order valence-corrected chi connectivity index (χ0v) is 33.2. The molecule has 12 rings (SSSR count). The minimum Gasteiger partial charge on any atom is -0.456 e. The molecule has 3 heteroatoms. The maximum Gasteiger partial charge on any atom is 0.137 e. The summed E-state index contributed by atoms with van der Waals surface area (Å²) in [6, 6.07) is 82.8. The fourth-order valence-corrected chi connectivity index (χ4v) is 9.22. The number of benzene rings is 10. The third-order valence-corrected chi connectivity index (χ3v) is 12.2. The number of para-hydroxylation sites is 2. The van der Waals surface area contributed by atoms with E-state index < -0.39 is 0 Å². The van der Waals surface area contributed by atoms with Crippen LogP contribution in [0.25, 0.3) is 93.6 Å². The molecule has 0 spiro atoms. The van der Waals surface area contributed by atoms with E-state index in [1.807, 2.05) is 0 Å². The highest BCUT2D eigenvalue weighted by atomic mass is 16.3. The van der Waals surface area contributed by atoms with Gasteiger partial charge >= 0.3 is 0 Å². The van der Waals surface area contributed by atoms with Crippen LogP contribution in [0, 0.1) is 0 Å². The summed E-state index contributed by atoms with van der Waals surface area (Å²) in [6.07, 6.45) is 0. The average molecular weight is 779 g/mol. The molecule has 0 atom stereocenters. The highest BCUT2D eigenvalue weighted by molar-refractivity contribution is 6.19. The van der Waals surface area contributed by atoms with Gasteiger partial charge in [-0.3, -0.25) is 0 Å². The van der Waals surface area contributed by atoms with Gasteiger partial charge in [0.25, 0.3) is 0 Å². The second-order valence-electron chi connectivity index (χ2n) is 15.7. The Morgan fingerprint density at radius 3 is 1.54 bits per heavy atom. The van der Waals surface area contributed by atoms with Gasteiger partial charge in [-0.05, 0) is 117 Å². The first-order valence-corrected chi connectivity index (χ1v) is 20.8. The monoisotopic (exact) mass is 778 g/mol. The van der Waals surface area contributed by atoms with Gasteiger partial charge in [0.15, 0.2) is 0 Å². The smallest absolute Gasteiger partial charge is 0.137 e. The van der Waals surface area contributed by atoms with Crippen molar-refractivity contribution in [3.05, 3.63) is 231 Å². The lowest BCUT2D eigenvalue weighted by Gasteiger charge is -2.26. The van der Waals surface area contributed by atoms with Crippen LogP contribution in [0.1, 0.15) is 0 Å². The fourth-order valence-electron chi connectivity index (χ4n) is 9.22. The predicted molar refractivity (Wildman–Crippen MR) is 257 cm³/mol. The number of furan rings is 1. The predicted octanol–water partition coefficient (Wildman–Crippen LogP) is 16.3. The van der Waals surface area contributed by atoms with Crippen LogP contribution in [0.5, 0.6) is 0 Å². The lowest BCUT2D eigenvalue weighted by Crippen LogP contribution is -2.09. The molecule has 0 N–H and O–H groups in total. The number of hydrogen-bond donors (Lipinski definition) is 0. The highest BCUT2D eigenvalue weighted by Crippen LogP contribution is 2.42. The Bertz CT molecular complexity index is 3550. The molecule has 0 unspecified atom stereocenters. The molecule has 0 radical (unpaired) electrons. The molecule has 61 heavy (non-hydrogen) atoms. The van der Waals surface area contributed by atoms with Crippen LogP contribution in [0.15, 0.2) is 235 Å². The van der Waals surface area contributed by atoms with Crippen LogP contribution in [-0.4, -0.2) is 4.57 Å². The van der Waals surface area contributed by atoms with Gasteiger partial charge in [0.05, 0.1) is 11.0 Å². The molecule has 286 valence electrons. The lowest BCUT2D eigenvalue weighted by atomic mass is 9.98. The summed E-state index contributed by atoms with van der Waals surface area (Å²) in [5, 5.41) is 7.20. The van der Waals surface area contributed by atoms with E-state index in [0.717, 1.165) is 44.6 Å². The number of rotatable bonds is 7. The van der Waals surface area contributed by atoms with Crippen LogP contribution >= 0.6 is 0 Å². The largest absolute Gasteiger partial charge is 0.456 e. The summed E-state index contributed by atoms with van der Waals surface area (Å²) in [5.74, 6) is 0. The molecule has 0 saturated carbocycles. The van der Waals surface area contributed by atoms with E-state index in [4.69, 9.17) is 4.42 Å². The molecule has 0 bridgehead atoms. The highest BCUT2D eigenvalue weighted by Gasteiger charge is 2.18. The van der Waals surface area contributed by atoms with Gasteiger partial charge in [-0.25, -0.2) is 0 Å². The summed E-state index contributed by atoms with van der Waals surface area (Å²) in [6.45, 7) is 0. The quantitative estimate of drug-likeness (QED) is 0.161. The number of anilines is 3. The van der Waals surface area contributed by atoms with Crippen molar-refractivity contribution in [3.63, 3.8) is 0 Å². The normalized spacial score (nSPS) is 11.6. The molecule has 2 aromatic heterocycles. The van der Waals surface area contributed by atoms with Gasteiger partial charge in [0, 0.05) is 50.4 Å². The number of nitrogens with zero attached hydrogens (tertiary/aromatic N) is 2. The maximum absolute atomic E-state index is 6.55. The number of hydrogen-bond acceptors (Lipinski definition) is 2. The Hall–Kier alpha value is -8.14. The summed E-state index contributed by atoms with van der Waals surface area (Å²) in [7, 11) is 0. The first-order chi connectivity index (χ1) is 30.2. The van der Waals surface area contributed by atoms with Crippen molar-refractivity contribution < 1.29 is 4.42 Å². The van der Waals surface area contributed by atoms with Crippen molar-refractivity contribution in [2.24, 2.45) is 0 Å². The van der Waals surface area contributed by atoms with Crippen molar-refractivity contribution >= 4 is 71.6 Å². The summed E-state index contributed by atoms with van der Waals surface area (Å²) < 4.78 is 8.91. The first kappa shape index (κ1) is 34.9. The van der Waals surface area contributed by atoms with Crippen LogP contribution in [-0.2, 0) is 0 Å². The number of fused-ring (bicyclic) bond motifs is 8. The van der Waals surface area contributed by atoms with Crippen molar-refractivity contribution in [2.45, 2.75) is 0 Å². The van der Waals surface area contributed by atoms with Crippen LogP contribution in [0.4, 0.5) is 17.1 Å². The Balaban J connectivity index is 0.894. The van der Waals surface area contributed by atoms with Crippen LogP contribution in [0.3, 0.4) is 0 Å². The van der Waals surface area contributed by atoms with Gasteiger partial charge in [0.1, 0.15) is 11.2 Å². The third kappa shape index (κ3) is 5.98. The first-order valence-electron chi connectivity index (χ1n) is 20.8. The van der Waals surface area contributed by atoms with Gasteiger partial charge in [-0.1, -0.05) is 152 Å². The second-order valence-corrected chi connectivity index (χ2v) is 15.7. The third-order valence-electron chi connectivity index (χ3n) is 12.2. The van der Waals surface area contributed by atoms with E-state index in [0.29, 0.717) is 0 Å². The Morgan fingerprint density at radius 1 is 0.311 bits per heavy atom. The Labute approximate surface area is 353 Å². The molecule has 0 fully saturated rings. The van der Waals surface area contributed by atoms with E-state index in [9.17, 15) is 0 Å². The molecule has 0 aliphatic rings. The van der Waals surface area contributed by atoms with Crippen molar-refractivity contribution in [3.8, 4) is 39.1 Å². The van der Waals surface area contributed by atoms with Gasteiger partial charge < -0.3 is 13.9 Å². The van der Waals surface area contributed by atoms with Crippen LogP contribution in [0.2, 0.25) is 0 Å². The summed E-state index contributed by atoms with van der Waals surface area (Å²) >= 11 is 0. The topological polar surface area (TPSA) is 21.3 Å². The van der Waals surface area contributed by atoms with Crippen molar-refractivity contribution in [2.75, 3.05) is 4.90 Å². The van der Waals surface area contributed by atoms with Gasteiger partial charge in [0.2, 0.25) is 0 Å². The Kier molecular flexibility index (Phi) is 8.17. The minimum atomic E-state index is 0.868. The molecule has 12 aromatic rings. The van der Waals surface area contributed by atoms with Crippen molar-refractivity contribution in [1.82, 2.24) is 4.57 Å². The zero-order chi connectivity index (χ0) is 40.3. The SMILES string of the molecule is c1ccc(-c2ccc(N(c3ccc(-c4ccc(-c5ccc6c(c5)c5ccccc5n6-c5ccccc5)cc4)cc3)c3ccc4c(c3)oc3ccc5ccccc5c34)cc2)cc1. The zero-order valence-electron chi connectivity index (χ0n) is 33.2. The average Bonchev–Trinajstić information content (AvgIpc) is 3.88. The summed E-state index contributed by atoms with van der Waals surface area (Å²) in [4.78, 5) is 2.32. The molecule has 0 aliphatic heterocycles. The lowest BCUT2D eigenvalue weighted by molar-refractivity contribution is 0.669. The van der Waals surface area contributed by atoms with E-state index in [1.54, 1.807) is 0 Å². The molecule has 0 saturated heterocycles. The molecule has 2 heterocycles. The minimum absolute atomic E-state index is 0.868. The van der Waals surface area contributed by atoms with Crippen molar-refractivity contribution in [1.29, 1.82) is 0 Å². The van der Waals surface area contributed by atoms with E-state index in [2.05, 4.69) is 240 Å². The summed E-state index contributed by atoms with van der Waals surface area (Å²) in [5.41, 5.74) is 15.6. The standard InChI is InChI=1S/C58H38N2O/c1-3-11-39(12-4-1)41-23-29-47(30-24-41)59(49-33-34-52-57(38-49)61-56-36-28-44-13-7-8-16-50(44)58(52)56)48-31-25-42(26-32-48)40-19-21-43(22-20-40)45-27-35-55-53(37-45)51-17-9-10-18-54(51)60(55)46-14-5-2-6-15-46/h1-38H. The molecule has 10 aromatic carbocycles. The number of aromatic nitrogens is 1. The van der Waals surface area contributed by atoms with Gasteiger partial charge in [-0.15, -0.1) is 0 Å². The Morgan fingerprint density at radius 2 is 0.836 bits per heavy atom. The van der Waals surface area contributed by atoms with E-state index in [1.165, 1.54) is 66.1 Å². The second kappa shape index (κ2) is 14.3. The van der Waals surface area contributed by atoms with E-state index in [-0.39, 0.29) is 0 Å². The molecule has 0 amide bonds. The maximum atomic E-state index is 6.55. The fraction of sp³-hybridized carbons (Fsp3) is 0. The molecule has 0 aliphatic carbocycles. The van der Waals surface area contributed by atoms with Gasteiger partial charge in [-0.2, -0.15) is 0 Å². The molecular formula is C58H38N2O. The molecular weight excluding hydrogens is 741 g/mol. The molecule has 3 nitrogen and oxygen atoms in total. The van der Waals surface area contributed by atoms with Crippen LogP contribution < -0.4 is 4.90 Å². The van der Waals surface area contributed by atoms with E-state index >= 15 is 0 Å².